The maximum atomic E-state index is 5.07. The number of methoxy groups -OCH3 is 1. The van der Waals surface area contributed by atoms with Crippen molar-refractivity contribution in [1.29, 1.82) is 0 Å². The van der Waals surface area contributed by atoms with Gasteiger partial charge in [0.05, 0.1) is 6.61 Å². The Morgan fingerprint density at radius 1 is 1.62 bits per heavy atom. The van der Waals surface area contributed by atoms with Crippen LogP contribution in [0.4, 0.5) is 0 Å². The maximum Gasteiger partial charge on any atom is 0.0589 e. The summed E-state index contributed by atoms with van der Waals surface area (Å²) in [4.78, 5) is 2.41. The molecule has 0 aliphatic heterocycles. The Bertz CT molecular complexity index is 177. The number of rotatable bonds is 4. The Kier molecular flexibility index (Phi) is 4.46. The number of hydrogen-bond donors (Lipinski definition) is 0. The third-order valence-corrected chi connectivity index (χ3v) is 2.88. The molecule has 0 radical (unpaired) electrons. The first-order valence-electron chi connectivity index (χ1n) is 5.09. The van der Waals surface area contributed by atoms with Gasteiger partial charge in [0.2, 0.25) is 0 Å². The Hall–Kier alpha value is -0.340. The molecule has 76 valence electrons. The summed E-state index contributed by atoms with van der Waals surface area (Å²) in [5, 5.41) is 0. The lowest BCUT2D eigenvalue weighted by Gasteiger charge is -2.29. The summed E-state index contributed by atoms with van der Waals surface area (Å²) >= 11 is 0. The molecular weight excluding hydrogens is 162 g/mol. The molecule has 13 heavy (non-hydrogen) atoms. The predicted octanol–water partition coefficient (Wildman–Crippen LogP) is 2.06. The van der Waals surface area contributed by atoms with Gasteiger partial charge in [0.1, 0.15) is 0 Å². The third-order valence-electron chi connectivity index (χ3n) is 2.88. The van der Waals surface area contributed by atoms with Crippen LogP contribution in [0.15, 0.2) is 11.6 Å². The highest BCUT2D eigenvalue weighted by Crippen LogP contribution is 2.20. The molecule has 2 nitrogen and oxygen atoms in total. The van der Waals surface area contributed by atoms with Crippen LogP contribution in [0.25, 0.3) is 0 Å². The van der Waals surface area contributed by atoms with Crippen LogP contribution in [0, 0.1) is 0 Å². The Morgan fingerprint density at radius 2 is 2.38 bits per heavy atom. The zero-order valence-electron chi connectivity index (χ0n) is 9.05. The van der Waals surface area contributed by atoms with Gasteiger partial charge in [0.25, 0.3) is 0 Å². The SMILES string of the molecule is COCCN(C)C1CC=C(C)CC1. The number of nitrogens with zero attached hydrogens (tertiary/aromatic N) is 1. The van der Waals surface area contributed by atoms with E-state index in [4.69, 9.17) is 4.74 Å². The maximum absolute atomic E-state index is 5.07. The Labute approximate surface area is 81.6 Å². The molecular formula is C11H21NO. The van der Waals surface area contributed by atoms with E-state index in [0.29, 0.717) is 0 Å². The lowest BCUT2D eigenvalue weighted by atomic mass is 9.95. The van der Waals surface area contributed by atoms with Crippen molar-refractivity contribution in [3.05, 3.63) is 11.6 Å². The summed E-state index contributed by atoms with van der Waals surface area (Å²) in [5.74, 6) is 0. The van der Waals surface area contributed by atoms with E-state index < -0.39 is 0 Å². The van der Waals surface area contributed by atoms with Crippen molar-refractivity contribution < 1.29 is 4.74 Å². The zero-order valence-corrected chi connectivity index (χ0v) is 9.05. The monoisotopic (exact) mass is 183 g/mol. The van der Waals surface area contributed by atoms with Gasteiger partial charge in [-0.2, -0.15) is 0 Å². The third kappa shape index (κ3) is 3.49. The summed E-state index contributed by atoms with van der Waals surface area (Å²) in [7, 11) is 3.96. The molecule has 0 saturated carbocycles. The Balaban J connectivity index is 2.28. The number of hydrogen-bond acceptors (Lipinski definition) is 2. The summed E-state index contributed by atoms with van der Waals surface area (Å²) in [6.07, 6.45) is 6.16. The fraction of sp³-hybridized carbons (Fsp3) is 0.818. The minimum Gasteiger partial charge on any atom is -0.383 e. The first-order valence-corrected chi connectivity index (χ1v) is 5.09. The van der Waals surface area contributed by atoms with Gasteiger partial charge in [-0.3, -0.25) is 0 Å². The van der Waals surface area contributed by atoms with E-state index in [2.05, 4.69) is 24.9 Å². The predicted molar refractivity (Wildman–Crippen MR) is 55.9 cm³/mol. The summed E-state index contributed by atoms with van der Waals surface area (Å²) in [5.41, 5.74) is 1.55. The van der Waals surface area contributed by atoms with Crippen LogP contribution >= 0.6 is 0 Å². The fourth-order valence-electron chi connectivity index (χ4n) is 1.77. The second-order valence-electron chi connectivity index (χ2n) is 3.95. The normalized spacial score (nSPS) is 23.4. The second kappa shape index (κ2) is 5.40. The lowest BCUT2D eigenvalue weighted by molar-refractivity contribution is 0.134. The van der Waals surface area contributed by atoms with Crippen molar-refractivity contribution in [2.24, 2.45) is 0 Å². The first-order chi connectivity index (χ1) is 6.24. The molecule has 0 N–H and O–H groups in total. The van der Waals surface area contributed by atoms with Crippen LogP contribution < -0.4 is 0 Å². The minimum atomic E-state index is 0.735. The van der Waals surface area contributed by atoms with Crippen LogP contribution in [0.3, 0.4) is 0 Å². The number of ether oxygens (including phenoxy) is 1. The van der Waals surface area contributed by atoms with Crippen LogP contribution in [0.2, 0.25) is 0 Å². The Morgan fingerprint density at radius 3 is 2.92 bits per heavy atom. The highest BCUT2D eigenvalue weighted by atomic mass is 16.5. The van der Waals surface area contributed by atoms with E-state index >= 15 is 0 Å². The van der Waals surface area contributed by atoms with E-state index in [0.717, 1.165) is 19.2 Å². The highest BCUT2D eigenvalue weighted by molar-refractivity contribution is 5.04. The molecule has 0 aromatic carbocycles. The van der Waals surface area contributed by atoms with Crippen molar-refractivity contribution in [2.45, 2.75) is 32.2 Å². The molecule has 0 aromatic rings. The number of likely N-dealkylation sites (N-methyl/N-ethyl adjacent to an activating group) is 1. The van der Waals surface area contributed by atoms with Crippen molar-refractivity contribution in [3.8, 4) is 0 Å². The fourth-order valence-corrected chi connectivity index (χ4v) is 1.77. The summed E-state index contributed by atoms with van der Waals surface area (Å²) in [6.45, 7) is 4.12. The van der Waals surface area contributed by atoms with Crippen molar-refractivity contribution in [1.82, 2.24) is 4.90 Å². The molecule has 1 unspecified atom stereocenters. The van der Waals surface area contributed by atoms with Crippen molar-refractivity contribution >= 4 is 0 Å². The molecule has 0 spiro atoms. The van der Waals surface area contributed by atoms with Crippen molar-refractivity contribution in [2.75, 3.05) is 27.3 Å². The van der Waals surface area contributed by atoms with E-state index in [9.17, 15) is 0 Å². The van der Waals surface area contributed by atoms with Gasteiger partial charge in [0, 0.05) is 19.7 Å². The van der Waals surface area contributed by atoms with Gasteiger partial charge in [-0.25, -0.2) is 0 Å². The molecule has 0 aromatic heterocycles. The van der Waals surface area contributed by atoms with E-state index in [-0.39, 0.29) is 0 Å². The van der Waals surface area contributed by atoms with E-state index in [1.807, 2.05) is 0 Å². The molecule has 1 atom stereocenters. The second-order valence-corrected chi connectivity index (χ2v) is 3.95. The molecule has 1 aliphatic carbocycles. The van der Waals surface area contributed by atoms with E-state index in [1.165, 1.54) is 19.3 Å². The standard InChI is InChI=1S/C11H21NO/c1-10-4-6-11(7-5-10)12(2)8-9-13-3/h4,11H,5-9H2,1-3H3. The zero-order chi connectivity index (χ0) is 9.68. The molecule has 0 heterocycles. The topological polar surface area (TPSA) is 12.5 Å². The van der Waals surface area contributed by atoms with Crippen LogP contribution in [0.5, 0.6) is 0 Å². The van der Waals surface area contributed by atoms with Gasteiger partial charge in [0.15, 0.2) is 0 Å². The largest absolute Gasteiger partial charge is 0.383 e. The lowest BCUT2D eigenvalue weighted by Crippen LogP contribution is -2.35. The first kappa shape index (κ1) is 10.7. The van der Waals surface area contributed by atoms with Gasteiger partial charge < -0.3 is 9.64 Å². The van der Waals surface area contributed by atoms with Gasteiger partial charge in [-0.1, -0.05) is 11.6 Å². The molecule has 1 aliphatic rings. The minimum absolute atomic E-state index is 0.735. The molecule has 1 rings (SSSR count). The smallest absolute Gasteiger partial charge is 0.0589 e. The number of allylic oxidation sites excluding steroid dienone is 1. The average Bonchev–Trinajstić information content (AvgIpc) is 2.15. The van der Waals surface area contributed by atoms with Crippen LogP contribution in [-0.2, 0) is 4.74 Å². The summed E-state index contributed by atoms with van der Waals surface area (Å²) < 4.78 is 5.07. The molecule has 0 fully saturated rings. The van der Waals surface area contributed by atoms with Crippen molar-refractivity contribution in [3.63, 3.8) is 0 Å². The van der Waals surface area contributed by atoms with Crippen LogP contribution in [-0.4, -0.2) is 38.3 Å². The quantitative estimate of drug-likeness (QED) is 0.619. The van der Waals surface area contributed by atoms with E-state index in [1.54, 1.807) is 12.7 Å². The van der Waals surface area contributed by atoms with Gasteiger partial charge in [-0.05, 0) is 33.2 Å². The average molecular weight is 183 g/mol. The van der Waals surface area contributed by atoms with Crippen LogP contribution in [0.1, 0.15) is 26.2 Å². The van der Waals surface area contributed by atoms with Gasteiger partial charge >= 0.3 is 0 Å². The molecule has 0 bridgehead atoms. The molecule has 2 heteroatoms. The molecule has 0 amide bonds. The summed E-state index contributed by atoms with van der Waals surface area (Å²) in [6, 6.07) is 0.735. The van der Waals surface area contributed by atoms with Gasteiger partial charge in [-0.15, -0.1) is 0 Å². The highest BCUT2D eigenvalue weighted by Gasteiger charge is 2.16. The molecule has 0 saturated heterocycles.